The Morgan fingerprint density at radius 1 is 1.04 bits per heavy atom. The van der Waals surface area contributed by atoms with Crippen LogP contribution in [-0.2, 0) is 4.79 Å². The highest BCUT2D eigenvalue weighted by Gasteiger charge is 2.39. The predicted molar refractivity (Wildman–Crippen MR) is 98.6 cm³/mol. The van der Waals surface area contributed by atoms with E-state index in [4.69, 9.17) is 23.2 Å². The molecule has 7 heteroatoms. The van der Waals surface area contributed by atoms with E-state index in [0.717, 1.165) is 0 Å². The van der Waals surface area contributed by atoms with Crippen LogP contribution in [0.15, 0.2) is 60.8 Å². The summed E-state index contributed by atoms with van der Waals surface area (Å²) >= 11 is 12.5. The minimum atomic E-state index is -0.782. The van der Waals surface area contributed by atoms with Crippen LogP contribution in [0, 0.1) is 5.92 Å². The van der Waals surface area contributed by atoms with Crippen LogP contribution in [0.25, 0.3) is 0 Å². The van der Waals surface area contributed by atoms with E-state index in [1.165, 1.54) is 0 Å². The van der Waals surface area contributed by atoms with E-state index in [2.05, 4.69) is 22.5 Å². The van der Waals surface area contributed by atoms with Crippen LogP contribution in [0.2, 0.25) is 10.0 Å². The summed E-state index contributed by atoms with van der Waals surface area (Å²) in [5, 5.41) is 8.81. The Morgan fingerprint density at radius 3 is 2.32 bits per heavy atom. The number of halogens is 2. The lowest BCUT2D eigenvalue weighted by Crippen LogP contribution is -2.52. The van der Waals surface area contributed by atoms with Gasteiger partial charge in [-0.25, -0.2) is 4.79 Å². The average molecular weight is 376 g/mol. The van der Waals surface area contributed by atoms with E-state index in [9.17, 15) is 9.59 Å². The number of carbonyl (C=O) groups excluding carboxylic acids is 2. The number of hydrogen-bond acceptors (Lipinski definition) is 2. The number of rotatable bonds is 3. The summed E-state index contributed by atoms with van der Waals surface area (Å²) in [6, 6.07) is 12.8. The van der Waals surface area contributed by atoms with Crippen LogP contribution in [0.4, 0.5) is 10.5 Å². The number of carbonyl (C=O) groups is 2. The fourth-order valence-corrected chi connectivity index (χ4v) is 3.42. The van der Waals surface area contributed by atoms with E-state index >= 15 is 0 Å². The van der Waals surface area contributed by atoms with Gasteiger partial charge in [0.15, 0.2) is 0 Å². The zero-order valence-electron chi connectivity index (χ0n) is 13.1. The molecule has 0 unspecified atom stereocenters. The lowest BCUT2D eigenvalue weighted by Gasteiger charge is -2.34. The number of hydrogen-bond donors (Lipinski definition) is 3. The highest BCUT2D eigenvalue weighted by molar-refractivity contribution is 6.36. The number of amides is 3. The molecular formula is C18H15Cl2N3O2. The molecule has 3 N–H and O–H groups in total. The molecule has 0 radical (unpaired) electrons. The van der Waals surface area contributed by atoms with Gasteiger partial charge in [-0.05, 0) is 24.3 Å². The van der Waals surface area contributed by atoms with Crippen molar-refractivity contribution >= 4 is 40.8 Å². The predicted octanol–water partition coefficient (Wildman–Crippen LogP) is 4.12. The molecule has 2 aromatic rings. The van der Waals surface area contributed by atoms with Gasteiger partial charge in [0.2, 0.25) is 5.91 Å². The molecule has 5 nitrogen and oxygen atoms in total. The van der Waals surface area contributed by atoms with Gasteiger partial charge in [0.05, 0.1) is 6.04 Å². The Hall–Kier alpha value is -2.50. The molecule has 2 aromatic carbocycles. The number of para-hydroxylation sites is 1. The second-order valence-electron chi connectivity index (χ2n) is 5.57. The normalized spacial score (nSPS) is 19.8. The van der Waals surface area contributed by atoms with Crippen molar-refractivity contribution in [1.82, 2.24) is 10.6 Å². The third kappa shape index (κ3) is 3.62. The molecule has 0 spiro atoms. The van der Waals surface area contributed by atoms with Gasteiger partial charge in [0, 0.05) is 27.0 Å². The molecule has 0 saturated carbocycles. The minimum absolute atomic E-state index is 0.276. The third-order valence-electron chi connectivity index (χ3n) is 3.90. The van der Waals surface area contributed by atoms with Gasteiger partial charge in [0.1, 0.15) is 5.92 Å². The first-order valence-electron chi connectivity index (χ1n) is 7.53. The Balaban J connectivity index is 1.97. The first-order valence-corrected chi connectivity index (χ1v) is 8.29. The summed E-state index contributed by atoms with van der Waals surface area (Å²) in [7, 11) is 0. The lowest BCUT2D eigenvalue weighted by atomic mass is 9.88. The Kier molecular flexibility index (Phi) is 4.97. The van der Waals surface area contributed by atoms with Crippen LogP contribution in [0.1, 0.15) is 11.6 Å². The van der Waals surface area contributed by atoms with Crippen molar-refractivity contribution in [2.24, 2.45) is 5.92 Å². The molecule has 0 aromatic heterocycles. The maximum atomic E-state index is 12.8. The molecule has 25 heavy (non-hydrogen) atoms. The Labute approximate surface area is 155 Å². The summed E-state index contributed by atoms with van der Waals surface area (Å²) < 4.78 is 0. The van der Waals surface area contributed by atoms with Crippen molar-refractivity contribution in [3.8, 4) is 0 Å². The fraction of sp³-hybridized carbons (Fsp3) is 0.111. The van der Waals surface area contributed by atoms with Gasteiger partial charge < -0.3 is 16.0 Å². The Morgan fingerprint density at radius 2 is 1.68 bits per heavy atom. The molecule has 3 amide bonds. The standard InChI is InChI=1S/C18H15Cl2N3O2/c1-10-14(17(24)22-11-6-3-2-4-7-11)16(23-18(25)21-10)15-12(19)8-5-9-13(15)20/h2-9,14,16H,1H2,(H,22,24)(H2,21,23,25)/t14-,16-/m0/s1. The zero-order chi connectivity index (χ0) is 18.0. The van der Waals surface area contributed by atoms with Crippen molar-refractivity contribution in [3.63, 3.8) is 0 Å². The molecule has 1 heterocycles. The number of urea groups is 1. The monoisotopic (exact) mass is 375 g/mol. The maximum Gasteiger partial charge on any atom is 0.319 e. The van der Waals surface area contributed by atoms with Crippen molar-refractivity contribution in [3.05, 3.63) is 76.4 Å². The summed E-state index contributed by atoms with van der Waals surface area (Å²) in [4.78, 5) is 24.7. The molecule has 3 rings (SSSR count). The number of anilines is 1. The molecule has 2 atom stereocenters. The summed E-state index contributed by atoms with van der Waals surface area (Å²) in [6.07, 6.45) is 0. The van der Waals surface area contributed by atoms with Crippen molar-refractivity contribution in [2.45, 2.75) is 6.04 Å². The topological polar surface area (TPSA) is 70.2 Å². The van der Waals surface area contributed by atoms with E-state index in [1.807, 2.05) is 18.2 Å². The molecule has 1 aliphatic rings. The van der Waals surface area contributed by atoms with E-state index in [1.54, 1.807) is 30.3 Å². The molecule has 128 valence electrons. The van der Waals surface area contributed by atoms with Crippen molar-refractivity contribution in [2.75, 3.05) is 5.32 Å². The van der Waals surface area contributed by atoms with Gasteiger partial charge in [-0.1, -0.05) is 54.0 Å². The quantitative estimate of drug-likeness (QED) is 0.754. The second kappa shape index (κ2) is 7.17. The van der Waals surface area contributed by atoms with E-state index < -0.39 is 18.0 Å². The van der Waals surface area contributed by atoms with Gasteiger partial charge in [-0.15, -0.1) is 0 Å². The molecule has 1 fully saturated rings. The molecule has 0 bridgehead atoms. The Bertz CT molecular complexity index is 819. The van der Waals surface area contributed by atoms with E-state index in [-0.39, 0.29) is 11.6 Å². The third-order valence-corrected chi connectivity index (χ3v) is 4.56. The first kappa shape index (κ1) is 17.3. The fourth-order valence-electron chi connectivity index (χ4n) is 2.78. The highest BCUT2D eigenvalue weighted by Crippen LogP contribution is 2.38. The van der Waals surface area contributed by atoms with Gasteiger partial charge in [-0.2, -0.15) is 0 Å². The number of benzene rings is 2. The summed E-state index contributed by atoms with van der Waals surface area (Å²) in [5.41, 5.74) is 1.40. The van der Waals surface area contributed by atoms with Crippen LogP contribution < -0.4 is 16.0 Å². The minimum Gasteiger partial charge on any atom is -0.330 e. The zero-order valence-corrected chi connectivity index (χ0v) is 14.6. The molecule has 0 aliphatic carbocycles. The largest absolute Gasteiger partial charge is 0.330 e. The smallest absolute Gasteiger partial charge is 0.319 e. The van der Waals surface area contributed by atoms with Crippen molar-refractivity contribution < 1.29 is 9.59 Å². The van der Waals surface area contributed by atoms with Crippen LogP contribution in [0.3, 0.4) is 0 Å². The summed E-state index contributed by atoms with van der Waals surface area (Å²) in [6.45, 7) is 3.82. The average Bonchev–Trinajstić information content (AvgIpc) is 2.55. The van der Waals surface area contributed by atoms with Crippen LogP contribution >= 0.6 is 23.2 Å². The lowest BCUT2D eigenvalue weighted by molar-refractivity contribution is -0.119. The molecule has 1 aliphatic heterocycles. The molecular weight excluding hydrogens is 361 g/mol. The molecule has 1 saturated heterocycles. The van der Waals surface area contributed by atoms with E-state index in [0.29, 0.717) is 21.3 Å². The highest BCUT2D eigenvalue weighted by atomic mass is 35.5. The van der Waals surface area contributed by atoms with Gasteiger partial charge >= 0.3 is 6.03 Å². The SMILES string of the molecule is C=C1NC(=O)N[C@H](c2c(Cl)cccc2Cl)[C@H]1C(=O)Nc1ccccc1. The first-order chi connectivity index (χ1) is 12.0. The van der Waals surface area contributed by atoms with Crippen LogP contribution in [-0.4, -0.2) is 11.9 Å². The van der Waals surface area contributed by atoms with Crippen LogP contribution in [0.5, 0.6) is 0 Å². The number of nitrogens with one attached hydrogen (secondary N) is 3. The van der Waals surface area contributed by atoms with Crippen molar-refractivity contribution in [1.29, 1.82) is 0 Å². The maximum absolute atomic E-state index is 12.8. The van der Waals surface area contributed by atoms with Gasteiger partial charge in [0.25, 0.3) is 0 Å². The second-order valence-corrected chi connectivity index (χ2v) is 6.38. The summed E-state index contributed by atoms with van der Waals surface area (Å²) in [5.74, 6) is -1.11. The van der Waals surface area contributed by atoms with Gasteiger partial charge in [-0.3, -0.25) is 4.79 Å².